The molecule has 1 aromatic rings. The van der Waals surface area contributed by atoms with Crippen LogP contribution in [-0.4, -0.2) is 89.1 Å². The average molecular weight is 599 g/mol. The number of hydrogen-bond donors (Lipinski definition) is 2. The van der Waals surface area contributed by atoms with Crippen LogP contribution in [-0.2, 0) is 9.53 Å². The zero-order valence-electron chi connectivity index (χ0n) is 19.8. The normalized spacial score (nSPS) is 29.5. The van der Waals surface area contributed by atoms with Crippen LogP contribution in [0.3, 0.4) is 0 Å². The van der Waals surface area contributed by atoms with Crippen molar-refractivity contribution in [2.24, 2.45) is 11.8 Å². The first-order valence-corrected chi connectivity index (χ1v) is 13.0. The predicted molar refractivity (Wildman–Crippen MR) is 126 cm³/mol. The van der Waals surface area contributed by atoms with E-state index < -0.39 is 58.5 Å². The summed E-state index contributed by atoms with van der Waals surface area (Å²) in [6.07, 6.45) is -7.11. The van der Waals surface area contributed by atoms with Crippen molar-refractivity contribution in [1.82, 2.24) is 20.1 Å². The van der Waals surface area contributed by atoms with E-state index in [-0.39, 0.29) is 37.4 Å². The lowest BCUT2D eigenvalue weighted by Crippen LogP contribution is -2.59. The average Bonchev–Trinajstić information content (AvgIpc) is 3.30. The minimum absolute atomic E-state index is 0.0632. The van der Waals surface area contributed by atoms with E-state index in [0.717, 1.165) is 12.1 Å². The third kappa shape index (κ3) is 6.51. The van der Waals surface area contributed by atoms with E-state index in [1.807, 2.05) is 4.98 Å². The summed E-state index contributed by atoms with van der Waals surface area (Å²) in [6.45, 7) is 1.59. The van der Waals surface area contributed by atoms with Gasteiger partial charge in [-0.2, -0.15) is 13.2 Å². The summed E-state index contributed by atoms with van der Waals surface area (Å²) in [6, 6.07) is 0.0943. The number of nitrogens with one attached hydrogen (secondary N) is 2. The molecule has 0 spiro atoms. The lowest BCUT2D eigenvalue weighted by atomic mass is 9.74. The maximum absolute atomic E-state index is 14.2. The summed E-state index contributed by atoms with van der Waals surface area (Å²) >= 11 is 3.33. The Balaban J connectivity index is 1.52. The minimum Gasteiger partial charge on any atom is -0.378 e. The zero-order valence-corrected chi connectivity index (χ0v) is 21.4. The zero-order chi connectivity index (χ0) is 26.9. The fourth-order valence-electron chi connectivity index (χ4n) is 5.57. The lowest BCUT2D eigenvalue weighted by Gasteiger charge is -2.46. The van der Waals surface area contributed by atoms with E-state index in [1.54, 1.807) is 9.80 Å². The molecule has 14 heteroatoms. The topological polar surface area (TPSA) is 94.7 Å². The number of rotatable bonds is 5. The van der Waals surface area contributed by atoms with Gasteiger partial charge in [0.05, 0.1) is 30.7 Å². The van der Waals surface area contributed by atoms with Gasteiger partial charge in [0, 0.05) is 54.7 Å². The highest BCUT2D eigenvalue weighted by Gasteiger charge is 2.55. The molecule has 1 saturated carbocycles. The van der Waals surface area contributed by atoms with Gasteiger partial charge in [-0.15, -0.1) is 0 Å². The highest BCUT2D eigenvalue weighted by Crippen LogP contribution is 2.46. The number of nitrogens with zero attached hydrogens (tertiary/aromatic N) is 2. The molecule has 4 unspecified atom stereocenters. The number of H-pyrrole nitrogens is 1. The number of ether oxygens (including phenoxy) is 1. The van der Waals surface area contributed by atoms with E-state index in [9.17, 15) is 36.3 Å². The van der Waals surface area contributed by atoms with Crippen molar-refractivity contribution < 1.29 is 36.3 Å². The molecule has 1 aromatic heterocycles. The number of morpholine rings is 1. The molecule has 2 N–H and O–H groups in total. The van der Waals surface area contributed by atoms with E-state index in [0.29, 0.717) is 32.7 Å². The third-order valence-electron chi connectivity index (χ3n) is 7.24. The van der Waals surface area contributed by atoms with Crippen LogP contribution in [0.2, 0.25) is 0 Å². The number of amides is 2. The molecule has 5 atom stereocenters. The summed E-state index contributed by atoms with van der Waals surface area (Å²) in [5, 5.41) is 2.65. The molecule has 0 aromatic carbocycles. The van der Waals surface area contributed by atoms with Crippen LogP contribution in [0.4, 0.5) is 22.0 Å². The maximum Gasteiger partial charge on any atom is 0.393 e. The summed E-state index contributed by atoms with van der Waals surface area (Å²) < 4.78 is 73.9. The molecule has 2 aliphatic heterocycles. The Hall–Kier alpha value is -2.06. The highest BCUT2D eigenvalue weighted by molar-refractivity contribution is 9.09. The van der Waals surface area contributed by atoms with Crippen LogP contribution in [0, 0.1) is 11.8 Å². The Labute approximate surface area is 218 Å². The van der Waals surface area contributed by atoms with Crippen LogP contribution >= 0.6 is 15.9 Å². The van der Waals surface area contributed by atoms with E-state index in [1.165, 1.54) is 0 Å². The number of carbonyl (C=O) groups excluding carboxylic acids is 2. The SMILES string of the molecule is O=C(N[C@@H]1CCN(C2C(C(=O)N3CCOCC3)CC(Br)CC2C(F)(F)F)C1)c1cc(C(F)F)[nH]c(=O)c1. The molecule has 2 amide bonds. The molecule has 37 heavy (non-hydrogen) atoms. The number of aromatic nitrogens is 1. The van der Waals surface area contributed by atoms with Gasteiger partial charge in [0.15, 0.2) is 0 Å². The highest BCUT2D eigenvalue weighted by atomic mass is 79.9. The first-order chi connectivity index (χ1) is 17.4. The number of alkyl halides is 6. The second-order valence-corrected chi connectivity index (χ2v) is 11.0. The van der Waals surface area contributed by atoms with Crippen molar-refractivity contribution in [2.45, 2.75) is 48.8 Å². The molecule has 2 saturated heterocycles. The van der Waals surface area contributed by atoms with Gasteiger partial charge in [-0.05, 0) is 25.3 Å². The van der Waals surface area contributed by atoms with Crippen LogP contribution in [0.15, 0.2) is 16.9 Å². The van der Waals surface area contributed by atoms with Crippen molar-refractivity contribution in [3.8, 4) is 0 Å². The molecule has 0 bridgehead atoms. The second-order valence-electron chi connectivity index (χ2n) is 9.69. The lowest BCUT2D eigenvalue weighted by molar-refractivity contribution is -0.205. The van der Waals surface area contributed by atoms with E-state index in [2.05, 4.69) is 21.2 Å². The fraction of sp³-hybridized carbons (Fsp3) is 0.696. The van der Waals surface area contributed by atoms with Crippen molar-refractivity contribution in [3.63, 3.8) is 0 Å². The molecule has 0 radical (unpaired) electrons. The van der Waals surface area contributed by atoms with Crippen molar-refractivity contribution in [2.75, 3.05) is 39.4 Å². The van der Waals surface area contributed by atoms with Crippen LogP contribution in [0.5, 0.6) is 0 Å². The van der Waals surface area contributed by atoms with Gasteiger partial charge in [-0.1, -0.05) is 15.9 Å². The molecule has 8 nitrogen and oxygen atoms in total. The van der Waals surface area contributed by atoms with Crippen LogP contribution in [0.25, 0.3) is 0 Å². The first kappa shape index (κ1) is 28.0. The smallest absolute Gasteiger partial charge is 0.378 e. The Bertz CT molecular complexity index is 1050. The Morgan fingerprint density at radius 2 is 1.84 bits per heavy atom. The Morgan fingerprint density at radius 3 is 2.49 bits per heavy atom. The summed E-state index contributed by atoms with van der Waals surface area (Å²) in [7, 11) is 0. The maximum atomic E-state index is 14.2. The van der Waals surface area contributed by atoms with Gasteiger partial charge in [-0.25, -0.2) is 8.78 Å². The van der Waals surface area contributed by atoms with Gasteiger partial charge >= 0.3 is 6.18 Å². The summed E-state index contributed by atoms with van der Waals surface area (Å²) in [4.78, 5) is 42.4. The van der Waals surface area contributed by atoms with Crippen LogP contribution in [0.1, 0.15) is 41.7 Å². The number of aromatic amines is 1. The van der Waals surface area contributed by atoms with Crippen molar-refractivity contribution in [3.05, 3.63) is 33.7 Å². The van der Waals surface area contributed by atoms with E-state index >= 15 is 0 Å². The number of likely N-dealkylation sites (tertiary alicyclic amines) is 1. The molecule has 1 aliphatic carbocycles. The largest absolute Gasteiger partial charge is 0.393 e. The van der Waals surface area contributed by atoms with Crippen LogP contribution < -0.4 is 10.9 Å². The van der Waals surface area contributed by atoms with Gasteiger partial charge in [0.1, 0.15) is 0 Å². The van der Waals surface area contributed by atoms with Gasteiger partial charge < -0.3 is 19.9 Å². The summed E-state index contributed by atoms with van der Waals surface area (Å²) in [5.74, 6) is -3.73. The third-order valence-corrected chi connectivity index (χ3v) is 7.99. The number of halogens is 6. The summed E-state index contributed by atoms with van der Waals surface area (Å²) in [5.41, 5.74) is -1.82. The van der Waals surface area contributed by atoms with Gasteiger partial charge in [0.25, 0.3) is 12.3 Å². The van der Waals surface area contributed by atoms with Crippen molar-refractivity contribution in [1.29, 1.82) is 0 Å². The number of carbonyl (C=O) groups is 2. The van der Waals surface area contributed by atoms with Crippen molar-refractivity contribution >= 4 is 27.7 Å². The fourth-order valence-corrected chi connectivity index (χ4v) is 6.37. The quantitative estimate of drug-likeness (QED) is 0.401. The first-order valence-electron chi connectivity index (χ1n) is 12.1. The van der Waals surface area contributed by atoms with E-state index in [4.69, 9.17) is 4.74 Å². The molecular weight excluding hydrogens is 571 g/mol. The number of pyridine rings is 1. The molecule has 4 rings (SSSR count). The number of hydrogen-bond acceptors (Lipinski definition) is 5. The Morgan fingerprint density at radius 1 is 1.14 bits per heavy atom. The molecule has 3 heterocycles. The monoisotopic (exact) mass is 598 g/mol. The molecule has 206 valence electrons. The molecule has 3 aliphatic rings. The standard InChI is InChI=1S/C23H28BrF5N4O4/c24-13-9-15(22(36)32-3-5-37-6-4-32)19(16(10-13)23(27,28)29)33-2-1-14(11-33)30-21(35)12-7-17(20(25)26)31-18(34)8-12/h7-8,13-16,19-20H,1-6,9-11H2,(H,30,35)(H,31,34)/t13?,14-,15?,16?,19?/m1/s1. The Kier molecular flexibility index (Phi) is 8.58. The minimum atomic E-state index is -4.53. The van der Waals surface area contributed by atoms with Gasteiger partial charge in [0.2, 0.25) is 11.5 Å². The predicted octanol–water partition coefficient (Wildman–Crippen LogP) is 2.70. The van der Waals surface area contributed by atoms with Gasteiger partial charge in [-0.3, -0.25) is 19.3 Å². The molecular formula is C23H28BrF5N4O4. The second kappa shape index (κ2) is 11.4. The molecule has 3 fully saturated rings.